The molecule has 0 bridgehead atoms. The number of pyridine rings is 1. The molecule has 0 aromatic carbocycles. The highest BCUT2D eigenvalue weighted by molar-refractivity contribution is 9.10. The molecule has 19 heavy (non-hydrogen) atoms. The summed E-state index contributed by atoms with van der Waals surface area (Å²) in [6.45, 7) is 5.49. The number of likely N-dealkylation sites (N-methyl/N-ethyl adjacent to an activating group) is 1. The van der Waals surface area contributed by atoms with Crippen LogP contribution in [-0.2, 0) is 0 Å². The first-order valence-electron chi connectivity index (χ1n) is 6.71. The number of Topliss-reactive ketones (excluding diaryl/α,β-unsaturated/α-hetero) is 1. The number of hydrogen-bond acceptors (Lipinski definition) is 4. The molecular formula is C14H20BrN3O. The first-order chi connectivity index (χ1) is 9.15. The molecule has 2 rings (SSSR count). The van der Waals surface area contributed by atoms with Crippen molar-refractivity contribution < 1.29 is 4.79 Å². The summed E-state index contributed by atoms with van der Waals surface area (Å²) in [7, 11) is 2.15. The normalized spacial score (nSPS) is 17.6. The molecule has 0 saturated carbocycles. The fourth-order valence-electron chi connectivity index (χ4n) is 2.20. The second kappa shape index (κ2) is 7.12. The monoisotopic (exact) mass is 325 g/mol. The van der Waals surface area contributed by atoms with Crippen molar-refractivity contribution in [1.82, 2.24) is 14.8 Å². The van der Waals surface area contributed by atoms with E-state index in [4.69, 9.17) is 0 Å². The number of hydrogen-bond donors (Lipinski definition) is 0. The number of halogens is 1. The maximum absolute atomic E-state index is 11.9. The van der Waals surface area contributed by atoms with Gasteiger partial charge in [-0.1, -0.05) is 0 Å². The highest BCUT2D eigenvalue weighted by Gasteiger charge is 2.14. The lowest BCUT2D eigenvalue weighted by Gasteiger charge is -2.32. The molecule has 0 N–H and O–H groups in total. The van der Waals surface area contributed by atoms with Gasteiger partial charge in [0.25, 0.3) is 0 Å². The minimum absolute atomic E-state index is 0.140. The van der Waals surface area contributed by atoms with E-state index in [9.17, 15) is 4.79 Å². The molecule has 4 nitrogen and oxygen atoms in total. The van der Waals surface area contributed by atoms with Gasteiger partial charge in [-0.3, -0.25) is 9.78 Å². The molecule has 0 amide bonds. The number of ketones is 1. The van der Waals surface area contributed by atoms with Crippen LogP contribution in [0.3, 0.4) is 0 Å². The van der Waals surface area contributed by atoms with E-state index in [1.807, 2.05) is 6.07 Å². The number of rotatable bonds is 5. The Hall–Kier alpha value is -0.780. The van der Waals surface area contributed by atoms with Crippen LogP contribution in [0.4, 0.5) is 0 Å². The molecule has 1 aliphatic rings. The Morgan fingerprint density at radius 3 is 2.68 bits per heavy atom. The van der Waals surface area contributed by atoms with Crippen LogP contribution in [-0.4, -0.2) is 60.3 Å². The third-order valence-electron chi connectivity index (χ3n) is 3.49. The molecule has 1 saturated heterocycles. The number of carbonyl (C=O) groups excluding carboxylic acids is 1. The van der Waals surface area contributed by atoms with Gasteiger partial charge in [-0.2, -0.15) is 0 Å². The Morgan fingerprint density at radius 1 is 1.32 bits per heavy atom. The number of piperazine rings is 1. The van der Waals surface area contributed by atoms with Crippen molar-refractivity contribution in [1.29, 1.82) is 0 Å². The van der Waals surface area contributed by atoms with Crippen LogP contribution in [0.5, 0.6) is 0 Å². The van der Waals surface area contributed by atoms with E-state index >= 15 is 0 Å². The van der Waals surface area contributed by atoms with E-state index in [0.29, 0.717) is 12.1 Å². The quantitative estimate of drug-likeness (QED) is 0.776. The predicted molar refractivity (Wildman–Crippen MR) is 79.4 cm³/mol. The van der Waals surface area contributed by atoms with Crippen LogP contribution in [0, 0.1) is 0 Å². The van der Waals surface area contributed by atoms with Gasteiger partial charge in [0.05, 0.1) is 0 Å². The van der Waals surface area contributed by atoms with Crippen LogP contribution >= 0.6 is 15.9 Å². The Kier molecular flexibility index (Phi) is 5.48. The molecule has 1 fully saturated rings. The summed E-state index contributed by atoms with van der Waals surface area (Å²) in [5.74, 6) is 0.140. The summed E-state index contributed by atoms with van der Waals surface area (Å²) >= 11 is 3.32. The van der Waals surface area contributed by atoms with Crippen LogP contribution in [0.25, 0.3) is 0 Å². The zero-order chi connectivity index (χ0) is 13.7. The first-order valence-corrected chi connectivity index (χ1v) is 7.50. The molecule has 0 atom stereocenters. The third-order valence-corrected chi connectivity index (χ3v) is 3.96. The molecule has 5 heteroatoms. The topological polar surface area (TPSA) is 36.4 Å². The molecule has 1 aliphatic heterocycles. The number of nitrogens with zero attached hydrogens (tertiary/aromatic N) is 3. The van der Waals surface area contributed by atoms with E-state index < -0.39 is 0 Å². The minimum Gasteiger partial charge on any atom is -0.304 e. The van der Waals surface area contributed by atoms with E-state index in [1.165, 1.54) is 0 Å². The van der Waals surface area contributed by atoms with Crippen molar-refractivity contribution in [2.75, 3.05) is 39.8 Å². The zero-order valence-electron chi connectivity index (χ0n) is 11.3. The molecule has 0 aliphatic carbocycles. The number of aromatic nitrogens is 1. The van der Waals surface area contributed by atoms with Gasteiger partial charge in [0.2, 0.25) is 0 Å². The molecule has 104 valence electrons. The van der Waals surface area contributed by atoms with Crippen molar-refractivity contribution >= 4 is 21.7 Å². The second-order valence-electron chi connectivity index (χ2n) is 5.03. The Morgan fingerprint density at radius 2 is 2.05 bits per heavy atom. The molecule has 0 unspecified atom stereocenters. The van der Waals surface area contributed by atoms with Gasteiger partial charge in [-0.25, -0.2) is 0 Å². The first kappa shape index (κ1) is 14.6. The summed E-state index contributed by atoms with van der Waals surface area (Å²) in [5.41, 5.74) is 0.571. The van der Waals surface area contributed by atoms with Crippen molar-refractivity contribution in [3.63, 3.8) is 0 Å². The van der Waals surface area contributed by atoms with Crippen molar-refractivity contribution in [2.45, 2.75) is 12.8 Å². The SMILES string of the molecule is CN1CCN(CCCC(=O)c2ccc(Br)cn2)CC1. The summed E-state index contributed by atoms with van der Waals surface area (Å²) in [6.07, 6.45) is 3.18. The van der Waals surface area contributed by atoms with Crippen molar-refractivity contribution in [3.05, 3.63) is 28.5 Å². The van der Waals surface area contributed by atoms with Gasteiger partial charge in [0, 0.05) is 43.3 Å². The third kappa shape index (κ3) is 4.67. The maximum atomic E-state index is 11.9. The van der Waals surface area contributed by atoms with Crippen molar-refractivity contribution in [3.8, 4) is 0 Å². The Bertz CT molecular complexity index is 413. The smallest absolute Gasteiger partial charge is 0.181 e. The summed E-state index contributed by atoms with van der Waals surface area (Å²) in [4.78, 5) is 20.9. The lowest BCUT2D eigenvalue weighted by Crippen LogP contribution is -2.44. The maximum Gasteiger partial charge on any atom is 0.181 e. The van der Waals surface area contributed by atoms with Crippen LogP contribution in [0.2, 0.25) is 0 Å². The highest BCUT2D eigenvalue weighted by Crippen LogP contribution is 2.10. The largest absolute Gasteiger partial charge is 0.304 e. The lowest BCUT2D eigenvalue weighted by molar-refractivity contribution is 0.0962. The molecular weight excluding hydrogens is 306 g/mol. The Balaban J connectivity index is 1.70. The fraction of sp³-hybridized carbons (Fsp3) is 0.571. The second-order valence-corrected chi connectivity index (χ2v) is 5.95. The van der Waals surface area contributed by atoms with Gasteiger partial charge in [0.1, 0.15) is 5.69 Å². The van der Waals surface area contributed by atoms with Crippen LogP contribution in [0.15, 0.2) is 22.8 Å². The van der Waals surface area contributed by atoms with Gasteiger partial charge >= 0.3 is 0 Å². The van der Waals surface area contributed by atoms with Crippen LogP contribution in [0.1, 0.15) is 23.3 Å². The molecule has 0 radical (unpaired) electrons. The standard InChI is InChI=1S/C14H20BrN3O/c1-17-7-9-18(10-8-17)6-2-3-14(19)13-5-4-12(15)11-16-13/h4-5,11H,2-3,6-10H2,1H3. The predicted octanol–water partition coefficient (Wildman–Crippen LogP) is 2.05. The summed E-state index contributed by atoms with van der Waals surface area (Å²) in [5, 5.41) is 0. The molecule has 2 heterocycles. The van der Waals surface area contributed by atoms with E-state index in [-0.39, 0.29) is 5.78 Å². The number of carbonyl (C=O) groups is 1. The van der Waals surface area contributed by atoms with E-state index in [0.717, 1.165) is 43.6 Å². The van der Waals surface area contributed by atoms with E-state index in [1.54, 1.807) is 12.3 Å². The van der Waals surface area contributed by atoms with E-state index in [2.05, 4.69) is 37.8 Å². The Labute approximate surface area is 122 Å². The zero-order valence-corrected chi connectivity index (χ0v) is 12.9. The summed E-state index contributed by atoms with van der Waals surface area (Å²) in [6, 6.07) is 3.64. The van der Waals surface area contributed by atoms with Crippen molar-refractivity contribution in [2.24, 2.45) is 0 Å². The molecule has 0 spiro atoms. The van der Waals surface area contributed by atoms with Gasteiger partial charge in [-0.05, 0) is 48.1 Å². The fourth-order valence-corrected chi connectivity index (χ4v) is 2.44. The minimum atomic E-state index is 0.140. The molecule has 1 aromatic rings. The highest BCUT2D eigenvalue weighted by atomic mass is 79.9. The van der Waals surface area contributed by atoms with Gasteiger partial charge < -0.3 is 9.80 Å². The lowest BCUT2D eigenvalue weighted by atomic mass is 10.1. The average Bonchev–Trinajstić information content (AvgIpc) is 2.41. The van der Waals surface area contributed by atoms with Gasteiger partial charge in [-0.15, -0.1) is 0 Å². The van der Waals surface area contributed by atoms with Gasteiger partial charge in [0.15, 0.2) is 5.78 Å². The average molecular weight is 326 g/mol. The van der Waals surface area contributed by atoms with Crippen LogP contribution < -0.4 is 0 Å². The molecule has 1 aromatic heterocycles. The summed E-state index contributed by atoms with van der Waals surface area (Å²) < 4.78 is 0.904.